The second-order valence-corrected chi connectivity index (χ2v) is 5.83. The highest BCUT2D eigenvalue weighted by atomic mass is 16.5. The van der Waals surface area contributed by atoms with Crippen LogP contribution in [0.15, 0.2) is 54.6 Å². The first-order valence-corrected chi connectivity index (χ1v) is 7.43. The van der Waals surface area contributed by atoms with Crippen LogP contribution in [0.5, 0.6) is 5.75 Å². The smallest absolute Gasteiger partial charge is 0.267 e. The van der Waals surface area contributed by atoms with Gasteiger partial charge >= 0.3 is 0 Å². The summed E-state index contributed by atoms with van der Waals surface area (Å²) in [5.41, 5.74) is 1.61. The minimum Gasteiger partial charge on any atom is -0.478 e. The predicted octanol–water partition coefficient (Wildman–Crippen LogP) is 2.37. The molecule has 0 aromatic heterocycles. The quantitative estimate of drug-likeness (QED) is 0.787. The summed E-state index contributed by atoms with van der Waals surface area (Å²) >= 11 is 0. The normalized spacial score (nSPS) is 28.6. The monoisotopic (exact) mass is 297 g/mol. The van der Waals surface area contributed by atoms with Crippen LogP contribution in [0.2, 0.25) is 0 Å². The Bertz CT molecular complexity index is 650. The van der Waals surface area contributed by atoms with E-state index in [1.165, 1.54) is 0 Å². The molecular weight excluding hydrogens is 278 g/mol. The minimum atomic E-state index is -0.725. The predicted molar refractivity (Wildman–Crippen MR) is 83.4 cm³/mol. The number of benzene rings is 1. The lowest BCUT2D eigenvalue weighted by Crippen LogP contribution is -2.71. The summed E-state index contributed by atoms with van der Waals surface area (Å²) in [6.45, 7) is 10.2. The van der Waals surface area contributed by atoms with Crippen molar-refractivity contribution in [2.45, 2.75) is 25.5 Å². The molecular formula is C18H19NO3. The molecule has 2 aliphatic heterocycles. The topological polar surface area (TPSA) is 46.6 Å². The van der Waals surface area contributed by atoms with Crippen LogP contribution in [0.3, 0.4) is 0 Å². The SMILES string of the molecule is C=C1CCN2C(=O)C(Oc3ccccc3)C2C(=O)[C@H](C)C1=C. The van der Waals surface area contributed by atoms with Crippen molar-refractivity contribution in [3.05, 3.63) is 54.6 Å². The van der Waals surface area contributed by atoms with Crippen LogP contribution >= 0.6 is 0 Å². The van der Waals surface area contributed by atoms with Gasteiger partial charge in [-0.05, 0) is 24.1 Å². The van der Waals surface area contributed by atoms with E-state index in [-0.39, 0.29) is 17.6 Å². The molecule has 1 amide bonds. The van der Waals surface area contributed by atoms with E-state index in [4.69, 9.17) is 4.74 Å². The number of hydrogen-bond donors (Lipinski definition) is 0. The standard InChI is InChI=1S/C18H19NO3/c1-11-9-10-19-15(16(20)13(3)12(11)2)17(18(19)21)22-14-7-5-4-6-8-14/h4-8,13,15,17H,1-2,9-10H2,3H3/t13-,15?,17?/m1/s1. The number of nitrogens with zero attached hydrogens (tertiary/aromatic N) is 1. The number of rotatable bonds is 2. The van der Waals surface area contributed by atoms with Gasteiger partial charge in [-0.3, -0.25) is 9.59 Å². The van der Waals surface area contributed by atoms with Gasteiger partial charge in [-0.25, -0.2) is 0 Å². The van der Waals surface area contributed by atoms with Gasteiger partial charge < -0.3 is 9.64 Å². The maximum atomic E-state index is 12.7. The lowest BCUT2D eigenvalue weighted by molar-refractivity contribution is -0.169. The molecule has 0 radical (unpaired) electrons. The summed E-state index contributed by atoms with van der Waals surface area (Å²) in [6, 6.07) is 8.60. The van der Waals surface area contributed by atoms with Gasteiger partial charge in [-0.15, -0.1) is 0 Å². The highest BCUT2D eigenvalue weighted by Gasteiger charge is 2.54. The number of β-lactam (4-membered cyclic amide) rings is 1. The third-order valence-electron chi connectivity index (χ3n) is 4.50. The average Bonchev–Trinajstić information content (AvgIpc) is 2.54. The van der Waals surface area contributed by atoms with Crippen molar-refractivity contribution < 1.29 is 14.3 Å². The Kier molecular flexibility index (Phi) is 3.61. The van der Waals surface area contributed by atoms with Crippen LogP contribution in [0, 0.1) is 5.92 Å². The number of amides is 1. The summed E-state index contributed by atoms with van der Waals surface area (Å²) < 4.78 is 5.75. The second-order valence-electron chi connectivity index (χ2n) is 5.83. The lowest BCUT2D eigenvalue weighted by Gasteiger charge is -2.47. The van der Waals surface area contributed by atoms with Crippen LogP contribution in [-0.2, 0) is 9.59 Å². The number of carbonyl (C=O) groups is 2. The van der Waals surface area contributed by atoms with E-state index in [9.17, 15) is 9.59 Å². The molecule has 114 valence electrons. The van der Waals surface area contributed by atoms with Crippen LogP contribution in [0.25, 0.3) is 0 Å². The Morgan fingerprint density at radius 1 is 1.18 bits per heavy atom. The van der Waals surface area contributed by atoms with E-state index in [0.29, 0.717) is 18.7 Å². The first-order chi connectivity index (χ1) is 10.5. The Morgan fingerprint density at radius 3 is 2.55 bits per heavy atom. The molecule has 4 nitrogen and oxygen atoms in total. The average molecular weight is 297 g/mol. The van der Waals surface area contributed by atoms with Crippen molar-refractivity contribution in [1.82, 2.24) is 4.90 Å². The minimum absolute atomic E-state index is 0.0219. The van der Waals surface area contributed by atoms with E-state index in [2.05, 4.69) is 13.2 Å². The molecule has 2 heterocycles. The number of hydrogen-bond acceptors (Lipinski definition) is 3. The Balaban J connectivity index is 1.84. The van der Waals surface area contributed by atoms with Crippen molar-refractivity contribution in [1.29, 1.82) is 0 Å². The summed E-state index contributed by atoms with van der Waals surface area (Å²) in [5.74, 6) is 0.114. The van der Waals surface area contributed by atoms with Crippen LogP contribution in [-0.4, -0.2) is 35.3 Å². The zero-order valence-corrected chi connectivity index (χ0v) is 12.6. The number of carbonyl (C=O) groups excluding carboxylic acids is 2. The molecule has 2 aliphatic rings. The van der Waals surface area contributed by atoms with Gasteiger partial charge in [0.05, 0.1) is 0 Å². The number of fused-ring (bicyclic) bond motifs is 1. The van der Waals surface area contributed by atoms with Gasteiger partial charge in [0.2, 0.25) is 6.10 Å². The molecule has 0 bridgehead atoms. The molecule has 0 N–H and O–H groups in total. The lowest BCUT2D eigenvalue weighted by atomic mass is 9.80. The molecule has 1 aromatic rings. The van der Waals surface area contributed by atoms with E-state index in [1.54, 1.807) is 17.0 Å². The highest BCUT2D eigenvalue weighted by molar-refractivity contribution is 6.04. The first-order valence-electron chi connectivity index (χ1n) is 7.43. The molecule has 3 atom stereocenters. The number of Topliss-reactive ketones (excluding diaryl/α,β-unsaturated/α-hetero) is 1. The van der Waals surface area contributed by atoms with Crippen LogP contribution < -0.4 is 4.74 Å². The molecule has 1 aromatic carbocycles. The molecule has 2 saturated heterocycles. The summed E-state index contributed by atoms with van der Waals surface area (Å²) in [5, 5.41) is 0. The van der Waals surface area contributed by atoms with E-state index in [1.807, 2.05) is 25.1 Å². The Hall–Kier alpha value is -2.36. The zero-order chi connectivity index (χ0) is 15.9. The maximum Gasteiger partial charge on any atom is 0.267 e. The highest BCUT2D eigenvalue weighted by Crippen LogP contribution is 2.34. The van der Waals surface area contributed by atoms with E-state index in [0.717, 1.165) is 11.1 Å². The summed E-state index contributed by atoms with van der Waals surface area (Å²) in [7, 11) is 0. The second kappa shape index (κ2) is 5.44. The van der Waals surface area contributed by atoms with Crippen molar-refractivity contribution >= 4 is 11.7 Å². The zero-order valence-electron chi connectivity index (χ0n) is 12.6. The fraction of sp³-hybridized carbons (Fsp3) is 0.333. The molecule has 2 unspecified atom stereocenters. The van der Waals surface area contributed by atoms with Gasteiger partial charge in [0.1, 0.15) is 11.8 Å². The Labute approximate surface area is 130 Å². The largest absolute Gasteiger partial charge is 0.478 e. The number of para-hydroxylation sites is 1. The summed E-state index contributed by atoms with van der Waals surface area (Å²) in [6.07, 6.45) is -0.0759. The Morgan fingerprint density at radius 2 is 1.86 bits per heavy atom. The number of ether oxygens (including phenoxy) is 1. The van der Waals surface area contributed by atoms with Crippen molar-refractivity contribution in [3.63, 3.8) is 0 Å². The van der Waals surface area contributed by atoms with Crippen LogP contribution in [0.1, 0.15) is 13.3 Å². The van der Waals surface area contributed by atoms with E-state index >= 15 is 0 Å². The van der Waals surface area contributed by atoms with Gasteiger partial charge in [-0.1, -0.05) is 43.9 Å². The first kappa shape index (κ1) is 14.6. The summed E-state index contributed by atoms with van der Waals surface area (Å²) in [4.78, 5) is 26.6. The molecule has 0 aliphatic carbocycles. The van der Waals surface area contributed by atoms with Gasteiger partial charge in [0.25, 0.3) is 5.91 Å². The van der Waals surface area contributed by atoms with Crippen molar-refractivity contribution in [3.8, 4) is 5.75 Å². The fourth-order valence-corrected chi connectivity index (χ4v) is 2.98. The molecule has 0 spiro atoms. The molecule has 22 heavy (non-hydrogen) atoms. The van der Waals surface area contributed by atoms with Gasteiger partial charge in [0.15, 0.2) is 5.78 Å². The third kappa shape index (κ3) is 2.25. The maximum absolute atomic E-state index is 12.7. The van der Waals surface area contributed by atoms with Crippen molar-refractivity contribution in [2.24, 2.45) is 5.92 Å². The number of ketones is 1. The van der Waals surface area contributed by atoms with Crippen LogP contribution in [0.4, 0.5) is 0 Å². The molecule has 3 rings (SSSR count). The molecule has 0 saturated carbocycles. The molecule has 2 fully saturated rings. The van der Waals surface area contributed by atoms with E-state index < -0.39 is 12.1 Å². The van der Waals surface area contributed by atoms with Gasteiger partial charge in [-0.2, -0.15) is 0 Å². The fourth-order valence-electron chi connectivity index (χ4n) is 2.98. The van der Waals surface area contributed by atoms with Crippen molar-refractivity contribution in [2.75, 3.05) is 6.54 Å². The number of allylic oxidation sites excluding steroid dienone is 1. The molecule has 4 heteroatoms. The van der Waals surface area contributed by atoms with Gasteiger partial charge in [0, 0.05) is 12.5 Å². The third-order valence-corrected chi connectivity index (χ3v) is 4.50.